The van der Waals surface area contributed by atoms with Gasteiger partial charge in [-0.05, 0) is 32.8 Å². The molecule has 0 aliphatic heterocycles. The maximum atomic E-state index is 12.2. The van der Waals surface area contributed by atoms with Gasteiger partial charge in [-0.25, -0.2) is 4.79 Å². The van der Waals surface area contributed by atoms with Crippen LogP contribution in [0.15, 0.2) is 34.7 Å². The fraction of sp³-hybridized carbons (Fsp3) is 0.333. The SMILES string of the molecule is CCOC(=O)c1c(NC(=O)COC(=O)CCc2ccccc2)oc(C)c1C(C)=O. The molecule has 0 aliphatic carbocycles. The number of Topliss-reactive ketones (excluding diaryl/α,β-unsaturated/α-hetero) is 1. The van der Waals surface area contributed by atoms with E-state index in [1.54, 1.807) is 6.92 Å². The van der Waals surface area contributed by atoms with Gasteiger partial charge in [0.05, 0.1) is 12.2 Å². The second-order valence-corrected chi connectivity index (χ2v) is 6.21. The molecule has 1 aromatic heterocycles. The molecular weight excluding hydrogens is 378 g/mol. The molecule has 1 amide bonds. The van der Waals surface area contributed by atoms with Crippen LogP contribution in [0.3, 0.4) is 0 Å². The van der Waals surface area contributed by atoms with Gasteiger partial charge in [0.25, 0.3) is 5.91 Å². The van der Waals surface area contributed by atoms with Crippen molar-refractivity contribution >= 4 is 29.5 Å². The Morgan fingerprint density at radius 2 is 1.72 bits per heavy atom. The Bertz CT molecular complexity index is 899. The van der Waals surface area contributed by atoms with Crippen LogP contribution < -0.4 is 5.32 Å². The summed E-state index contributed by atoms with van der Waals surface area (Å²) >= 11 is 0. The molecule has 0 atom stereocenters. The summed E-state index contributed by atoms with van der Waals surface area (Å²) in [5.41, 5.74) is 0.870. The highest BCUT2D eigenvalue weighted by Crippen LogP contribution is 2.28. The van der Waals surface area contributed by atoms with Crippen LogP contribution in [0.1, 0.15) is 52.3 Å². The number of aryl methyl sites for hydroxylation is 2. The number of carbonyl (C=O) groups excluding carboxylic acids is 4. The van der Waals surface area contributed by atoms with E-state index in [1.807, 2.05) is 30.3 Å². The summed E-state index contributed by atoms with van der Waals surface area (Å²) < 4.78 is 15.3. The molecule has 0 saturated carbocycles. The molecule has 2 rings (SSSR count). The lowest BCUT2D eigenvalue weighted by molar-refractivity contribution is -0.147. The molecule has 1 N–H and O–H groups in total. The summed E-state index contributed by atoms with van der Waals surface area (Å²) in [5.74, 6) is -2.46. The van der Waals surface area contributed by atoms with Crippen LogP contribution in [0.25, 0.3) is 0 Å². The van der Waals surface area contributed by atoms with Crippen LogP contribution in [0.4, 0.5) is 5.88 Å². The number of benzene rings is 1. The van der Waals surface area contributed by atoms with E-state index >= 15 is 0 Å². The largest absolute Gasteiger partial charge is 0.462 e. The van der Waals surface area contributed by atoms with Gasteiger partial charge in [0.2, 0.25) is 5.88 Å². The van der Waals surface area contributed by atoms with E-state index in [-0.39, 0.29) is 35.8 Å². The van der Waals surface area contributed by atoms with E-state index in [1.165, 1.54) is 13.8 Å². The monoisotopic (exact) mass is 401 g/mol. The van der Waals surface area contributed by atoms with E-state index in [0.717, 1.165) is 5.56 Å². The molecule has 154 valence electrons. The standard InChI is InChI=1S/C21H23NO7/c1-4-27-21(26)19-18(13(2)23)14(3)29-20(19)22-16(24)12-28-17(25)11-10-15-8-6-5-7-9-15/h5-9H,4,10-12H2,1-3H3,(H,22,24). The average molecular weight is 401 g/mol. The van der Waals surface area contributed by atoms with Crippen LogP contribution in [0, 0.1) is 6.92 Å². The van der Waals surface area contributed by atoms with E-state index in [9.17, 15) is 19.2 Å². The first-order valence-electron chi connectivity index (χ1n) is 9.14. The third kappa shape index (κ3) is 6.03. The lowest BCUT2D eigenvalue weighted by Gasteiger charge is -2.07. The minimum absolute atomic E-state index is 0.0404. The van der Waals surface area contributed by atoms with Crippen molar-refractivity contribution in [1.29, 1.82) is 0 Å². The molecule has 0 radical (unpaired) electrons. The maximum absolute atomic E-state index is 12.2. The van der Waals surface area contributed by atoms with Gasteiger partial charge >= 0.3 is 11.9 Å². The molecule has 8 heteroatoms. The highest BCUT2D eigenvalue weighted by atomic mass is 16.5. The number of esters is 2. The topological polar surface area (TPSA) is 112 Å². The molecule has 0 saturated heterocycles. The number of carbonyl (C=O) groups is 4. The molecule has 0 spiro atoms. The van der Waals surface area contributed by atoms with Crippen molar-refractivity contribution in [1.82, 2.24) is 0 Å². The lowest BCUT2D eigenvalue weighted by Crippen LogP contribution is -2.22. The number of anilines is 1. The van der Waals surface area contributed by atoms with Gasteiger partial charge in [0.15, 0.2) is 12.4 Å². The number of amides is 1. The zero-order valence-corrected chi connectivity index (χ0v) is 16.6. The fourth-order valence-corrected chi connectivity index (χ4v) is 2.73. The quantitative estimate of drug-likeness (QED) is 0.507. The Morgan fingerprint density at radius 1 is 1.03 bits per heavy atom. The van der Waals surface area contributed by atoms with Gasteiger partial charge in [-0.15, -0.1) is 0 Å². The first kappa shape index (κ1) is 21.9. The Balaban J connectivity index is 1.97. The number of hydrogen-bond acceptors (Lipinski definition) is 7. The minimum Gasteiger partial charge on any atom is -0.462 e. The number of rotatable bonds is 9. The maximum Gasteiger partial charge on any atom is 0.344 e. The Labute approximate surface area is 168 Å². The number of nitrogens with one attached hydrogen (secondary N) is 1. The van der Waals surface area contributed by atoms with Crippen LogP contribution in [0.5, 0.6) is 0 Å². The van der Waals surface area contributed by atoms with Gasteiger partial charge in [-0.1, -0.05) is 30.3 Å². The average Bonchev–Trinajstić information content (AvgIpc) is 3.01. The van der Waals surface area contributed by atoms with Crippen LogP contribution in [-0.2, 0) is 25.5 Å². The van der Waals surface area contributed by atoms with Crippen LogP contribution in [-0.4, -0.2) is 36.8 Å². The van der Waals surface area contributed by atoms with Crippen molar-refractivity contribution in [2.45, 2.75) is 33.6 Å². The number of furan rings is 1. The number of ketones is 1. The third-order valence-corrected chi connectivity index (χ3v) is 3.99. The predicted molar refractivity (Wildman–Crippen MR) is 104 cm³/mol. The van der Waals surface area contributed by atoms with Crippen LogP contribution in [0.2, 0.25) is 0 Å². The van der Waals surface area contributed by atoms with Gasteiger partial charge in [0.1, 0.15) is 11.3 Å². The minimum atomic E-state index is -0.787. The molecular formula is C21H23NO7. The summed E-state index contributed by atoms with van der Waals surface area (Å²) in [7, 11) is 0. The Hall–Kier alpha value is -3.42. The number of ether oxygens (including phenoxy) is 2. The second kappa shape index (κ2) is 10.2. The van der Waals surface area contributed by atoms with Crippen molar-refractivity contribution in [2.75, 3.05) is 18.5 Å². The molecule has 1 aromatic carbocycles. The molecule has 2 aromatic rings. The smallest absolute Gasteiger partial charge is 0.344 e. The zero-order valence-electron chi connectivity index (χ0n) is 16.6. The lowest BCUT2D eigenvalue weighted by atomic mass is 10.1. The molecule has 8 nitrogen and oxygen atoms in total. The van der Waals surface area contributed by atoms with E-state index < -0.39 is 30.2 Å². The predicted octanol–water partition coefficient (Wildman–Crippen LogP) is 3.08. The molecule has 0 aliphatic rings. The first-order chi connectivity index (χ1) is 13.8. The molecule has 0 fully saturated rings. The summed E-state index contributed by atoms with van der Waals surface area (Å²) in [6, 6.07) is 9.40. The zero-order chi connectivity index (χ0) is 21.4. The molecule has 29 heavy (non-hydrogen) atoms. The summed E-state index contributed by atoms with van der Waals surface area (Å²) in [6.45, 7) is 3.93. The first-order valence-corrected chi connectivity index (χ1v) is 9.14. The molecule has 1 heterocycles. The highest BCUT2D eigenvalue weighted by molar-refractivity contribution is 6.10. The van der Waals surface area contributed by atoms with Gasteiger partial charge in [-0.2, -0.15) is 0 Å². The van der Waals surface area contributed by atoms with E-state index in [4.69, 9.17) is 13.9 Å². The van der Waals surface area contributed by atoms with Gasteiger partial charge in [-0.3, -0.25) is 19.7 Å². The van der Waals surface area contributed by atoms with E-state index in [0.29, 0.717) is 6.42 Å². The summed E-state index contributed by atoms with van der Waals surface area (Å²) in [5, 5.41) is 2.36. The van der Waals surface area contributed by atoms with Gasteiger partial charge in [0, 0.05) is 6.42 Å². The van der Waals surface area contributed by atoms with Crippen molar-refractivity contribution in [3.05, 3.63) is 52.8 Å². The normalized spacial score (nSPS) is 10.3. The van der Waals surface area contributed by atoms with Crippen molar-refractivity contribution in [2.24, 2.45) is 0 Å². The summed E-state index contributed by atoms with van der Waals surface area (Å²) in [4.78, 5) is 48.0. The van der Waals surface area contributed by atoms with Crippen molar-refractivity contribution < 1.29 is 33.1 Å². The molecule has 0 bridgehead atoms. The van der Waals surface area contributed by atoms with Crippen LogP contribution >= 0.6 is 0 Å². The third-order valence-electron chi connectivity index (χ3n) is 3.99. The second-order valence-electron chi connectivity index (χ2n) is 6.21. The summed E-state index contributed by atoms with van der Waals surface area (Å²) in [6.07, 6.45) is 0.618. The molecule has 0 unspecified atom stereocenters. The fourth-order valence-electron chi connectivity index (χ4n) is 2.73. The van der Waals surface area contributed by atoms with Crippen molar-refractivity contribution in [3.8, 4) is 0 Å². The van der Waals surface area contributed by atoms with E-state index in [2.05, 4.69) is 5.32 Å². The van der Waals surface area contributed by atoms with Gasteiger partial charge < -0.3 is 13.9 Å². The highest BCUT2D eigenvalue weighted by Gasteiger charge is 2.28. The Morgan fingerprint density at radius 3 is 2.34 bits per heavy atom. The number of hydrogen-bond donors (Lipinski definition) is 1. The Kier molecular flexibility index (Phi) is 7.70. The van der Waals surface area contributed by atoms with Crippen molar-refractivity contribution in [3.63, 3.8) is 0 Å².